The number of methoxy groups -OCH3 is 1. The Morgan fingerprint density at radius 2 is 1.76 bits per heavy atom. The van der Waals surface area contributed by atoms with Crippen molar-refractivity contribution in [2.75, 3.05) is 7.11 Å². The van der Waals surface area contributed by atoms with Crippen molar-refractivity contribution in [1.29, 1.82) is 0 Å². The number of allylic oxidation sites excluding steroid dienone is 1. The van der Waals surface area contributed by atoms with Crippen molar-refractivity contribution in [1.82, 2.24) is 0 Å². The fourth-order valence-corrected chi connectivity index (χ4v) is 1.47. The Balaban J connectivity index is 3.15. The first-order chi connectivity index (χ1) is 7.83. The highest BCUT2D eigenvalue weighted by Gasteiger charge is 2.15. The van der Waals surface area contributed by atoms with Gasteiger partial charge in [-0.15, -0.1) is 0 Å². The van der Waals surface area contributed by atoms with Gasteiger partial charge in [0.05, 0.1) is 12.7 Å². The number of carboxylic acids is 1. The second-order valence-corrected chi connectivity index (χ2v) is 4.96. The Labute approximate surface area is 102 Å². The number of aliphatic carboxylic acids is 1. The number of carboxylic acid groups (broad SMARTS) is 1. The van der Waals surface area contributed by atoms with Crippen LogP contribution in [0.2, 0.25) is 0 Å². The molecule has 0 saturated carbocycles. The van der Waals surface area contributed by atoms with Gasteiger partial charge in [-0.25, -0.2) is 4.79 Å². The fraction of sp³-hybridized carbons (Fsp3) is 0.357. The summed E-state index contributed by atoms with van der Waals surface area (Å²) in [6.45, 7) is 5.92. The first kappa shape index (κ1) is 13.3. The lowest BCUT2D eigenvalue weighted by molar-refractivity contribution is -0.130. The SMILES string of the molecule is COc1ccc(C(=CC(C)(C)C)C(=O)O)cc1. The lowest BCUT2D eigenvalue weighted by atomic mass is 9.91. The van der Waals surface area contributed by atoms with E-state index in [4.69, 9.17) is 4.74 Å². The van der Waals surface area contributed by atoms with Crippen molar-refractivity contribution < 1.29 is 14.6 Å². The molecule has 0 heterocycles. The summed E-state index contributed by atoms with van der Waals surface area (Å²) in [5.74, 6) is -0.195. The summed E-state index contributed by atoms with van der Waals surface area (Å²) in [5.41, 5.74) is 0.835. The van der Waals surface area contributed by atoms with Gasteiger partial charge >= 0.3 is 5.97 Å². The number of benzene rings is 1. The van der Waals surface area contributed by atoms with Crippen LogP contribution in [0.4, 0.5) is 0 Å². The lowest BCUT2D eigenvalue weighted by Crippen LogP contribution is -2.07. The minimum absolute atomic E-state index is 0.173. The lowest BCUT2D eigenvalue weighted by Gasteiger charge is -2.14. The molecule has 0 aliphatic rings. The maximum Gasteiger partial charge on any atom is 0.335 e. The van der Waals surface area contributed by atoms with Gasteiger partial charge in [0, 0.05) is 0 Å². The molecule has 17 heavy (non-hydrogen) atoms. The molecule has 0 fully saturated rings. The van der Waals surface area contributed by atoms with E-state index in [1.807, 2.05) is 20.8 Å². The predicted molar refractivity (Wildman–Crippen MR) is 68.1 cm³/mol. The van der Waals surface area contributed by atoms with Crippen molar-refractivity contribution in [3.63, 3.8) is 0 Å². The zero-order chi connectivity index (χ0) is 13.1. The van der Waals surface area contributed by atoms with E-state index in [0.29, 0.717) is 16.9 Å². The molecule has 0 saturated heterocycles. The standard InChI is InChI=1S/C14H18O3/c1-14(2,3)9-12(13(15)16)10-5-7-11(17-4)8-6-10/h5-9H,1-4H3,(H,15,16). The van der Waals surface area contributed by atoms with Gasteiger partial charge in [-0.05, 0) is 23.1 Å². The second-order valence-electron chi connectivity index (χ2n) is 4.96. The molecule has 0 aliphatic heterocycles. The van der Waals surface area contributed by atoms with Gasteiger partial charge in [0.15, 0.2) is 0 Å². The minimum atomic E-state index is -0.912. The quantitative estimate of drug-likeness (QED) is 0.817. The molecule has 0 spiro atoms. The maximum absolute atomic E-state index is 11.2. The van der Waals surface area contributed by atoms with Crippen LogP contribution in [-0.2, 0) is 4.79 Å². The molecule has 0 aromatic heterocycles. The van der Waals surface area contributed by atoms with Gasteiger partial charge in [0.1, 0.15) is 5.75 Å². The summed E-state index contributed by atoms with van der Waals surface area (Å²) in [7, 11) is 1.58. The van der Waals surface area contributed by atoms with Crippen LogP contribution in [0.3, 0.4) is 0 Å². The van der Waals surface area contributed by atoms with Crippen molar-refractivity contribution in [3.05, 3.63) is 35.9 Å². The van der Waals surface area contributed by atoms with Crippen LogP contribution in [0.5, 0.6) is 5.75 Å². The molecular formula is C14H18O3. The number of rotatable bonds is 3. The van der Waals surface area contributed by atoms with Crippen LogP contribution in [0.1, 0.15) is 26.3 Å². The highest BCUT2D eigenvalue weighted by molar-refractivity contribution is 6.15. The summed E-state index contributed by atoms with van der Waals surface area (Å²) in [6, 6.07) is 7.03. The Morgan fingerprint density at radius 1 is 1.24 bits per heavy atom. The van der Waals surface area contributed by atoms with E-state index in [0.717, 1.165) is 0 Å². The monoisotopic (exact) mass is 234 g/mol. The number of carbonyl (C=O) groups is 1. The van der Waals surface area contributed by atoms with Crippen molar-refractivity contribution in [2.45, 2.75) is 20.8 Å². The Bertz CT molecular complexity index is 422. The molecule has 0 atom stereocenters. The van der Waals surface area contributed by atoms with Gasteiger partial charge in [0.25, 0.3) is 0 Å². The maximum atomic E-state index is 11.2. The fourth-order valence-electron chi connectivity index (χ4n) is 1.47. The molecule has 0 bridgehead atoms. The van der Waals surface area contributed by atoms with Gasteiger partial charge in [-0.3, -0.25) is 0 Å². The molecular weight excluding hydrogens is 216 g/mol. The van der Waals surface area contributed by atoms with E-state index < -0.39 is 5.97 Å². The number of hydrogen-bond acceptors (Lipinski definition) is 2. The third-order valence-electron chi connectivity index (χ3n) is 2.21. The molecule has 0 aliphatic carbocycles. The molecule has 0 unspecified atom stereocenters. The van der Waals surface area contributed by atoms with Crippen molar-refractivity contribution in [2.24, 2.45) is 5.41 Å². The van der Waals surface area contributed by atoms with E-state index in [9.17, 15) is 9.90 Å². The van der Waals surface area contributed by atoms with Crippen molar-refractivity contribution >= 4 is 11.5 Å². The topological polar surface area (TPSA) is 46.5 Å². The van der Waals surface area contributed by atoms with E-state index >= 15 is 0 Å². The first-order valence-electron chi connectivity index (χ1n) is 5.44. The summed E-state index contributed by atoms with van der Waals surface area (Å²) < 4.78 is 5.04. The molecule has 92 valence electrons. The molecule has 1 rings (SSSR count). The molecule has 1 aromatic carbocycles. The Kier molecular flexibility index (Phi) is 3.94. The zero-order valence-corrected chi connectivity index (χ0v) is 10.7. The van der Waals surface area contributed by atoms with E-state index in [-0.39, 0.29) is 5.41 Å². The van der Waals surface area contributed by atoms with Gasteiger partial charge in [-0.1, -0.05) is 39.0 Å². The zero-order valence-electron chi connectivity index (χ0n) is 10.7. The summed E-state index contributed by atoms with van der Waals surface area (Å²) in [5, 5.41) is 9.22. The molecule has 3 nitrogen and oxygen atoms in total. The second kappa shape index (κ2) is 5.04. The molecule has 0 amide bonds. The van der Waals surface area contributed by atoms with Gasteiger partial charge in [-0.2, -0.15) is 0 Å². The summed E-state index contributed by atoms with van der Waals surface area (Å²) >= 11 is 0. The van der Waals surface area contributed by atoms with Crippen LogP contribution in [0.25, 0.3) is 5.57 Å². The highest BCUT2D eigenvalue weighted by atomic mass is 16.5. The van der Waals surface area contributed by atoms with Gasteiger partial charge < -0.3 is 9.84 Å². The minimum Gasteiger partial charge on any atom is -0.497 e. The number of ether oxygens (including phenoxy) is 1. The predicted octanol–water partition coefficient (Wildman–Crippen LogP) is 3.21. The molecule has 3 heteroatoms. The third-order valence-corrected chi connectivity index (χ3v) is 2.21. The average molecular weight is 234 g/mol. The number of hydrogen-bond donors (Lipinski definition) is 1. The third kappa shape index (κ3) is 3.94. The largest absolute Gasteiger partial charge is 0.497 e. The van der Waals surface area contributed by atoms with E-state index in [1.165, 1.54) is 0 Å². The van der Waals surface area contributed by atoms with Crippen LogP contribution in [0, 0.1) is 5.41 Å². The molecule has 1 N–H and O–H groups in total. The molecule has 0 radical (unpaired) electrons. The Morgan fingerprint density at radius 3 is 2.12 bits per heavy atom. The summed E-state index contributed by atoms with van der Waals surface area (Å²) in [4.78, 5) is 11.2. The normalized spacial score (nSPS) is 12.4. The van der Waals surface area contributed by atoms with Crippen LogP contribution in [-0.4, -0.2) is 18.2 Å². The van der Waals surface area contributed by atoms with Crippen molar-refractivity contribution in [3.8, 4) is 5.75 Å². The van der Waals surface area contributed by atoms with E-state index in [2.05, 4.69) is 0 Å². The highest BCUT2D eigenvalue weighted by Crippen LogP contribution is 2.25. The average Bonchev–Trinajstić information content (AvgIpc) is 2.25. The van der Waals surface area contributed by atoms with Gasteiger partial charge in [0.2, 0.25) is 0 Å². The van der Waals surface area contributed by atoms with Crippen LogP contribution >= 0.6 is 0 Å². The van der Waals surface area contributed by atoms with Crippen LogP contribution < -0.4 is 4.74 Å². The smallest absolute Gasteiger partial charge is 0.335 e. The molecule has 1 aromatic rings. The first-order valence-corrected chi connectivity index (χ1v) is 5.44. The van der Waals surface area contributed by atoms with E-state index in [1.54, 1.807) is 37.5 Å². The summed E-state index contributed by atoms with van der Waals surface area (Å²) in [6.07, 6.45) is 1.76. The Hall–Kier alpha value is -1.77. The van der Waals surface area contributed by atoms with Crippen LogP contribution in [0.15, 0.2) is 30.3 Å².